The van der Waals surface area contributed by atoms with Gasteiger partial charge in [-0.25, -0.2) is 4.98 Å². The zero-order chi connectivity index (χ0) is 15.5. The third-order valence-electron chi connectivity index (χ3n) is 3.20. The molecular weight excluding hydrogens is 352 g/mol. The van der Waals surface area contributed by atoms with Crippen molar-refractivity contribution in [1.82, 2.24) is 10.3 Å². The Kier molecular flexibility index (Phi) is 9.63. The number of carbonyl (C=O) groups is 1. The highest BCUT2D eigenvalue weighted by Crippen LogP contribution is 2.39. The van der Waals surface area contributed by atoms with Gasteiger partial charge in [-0.05, 0) is 42.2 Å². The Morgan fingerprint density at radius 2 is 2.36 bits per heavy atom. The number of rotatable bonds is 10. The molecule has 0 bridgehead atoms. The molecular formula is C15H22N2OS4. The number of unbranched alkanes of at least 4 members (excludes halogenated alkanes) is 1. The van der Waals surface area contributed by atoms with Crippen LogP contribution in [0.3, 0.4) is 0 Å². The Morgan fingerprint density at radius 3 is 3.14 bits per heavy atom. The monoisotopic (exact) mass is 374 g/mol. The molecule has 122 valence electrons. The highest BCUT2D eigenvalue weighted by molar-refractivity contribution is 8.77. The van der Waals surface area contributed by atoms with Crippen LogP contribution in [0, 0.1) is 0 Å². The van der Waals surface area contributed by atoms with Crippen molar-refractivity contribution in [2.75, 3.05) is 18.1 Å². The first-order chi connectivity index (χ1) is 10.8. The molecule has 22 heavy (non-hydrogen) atoms. The molecule has 0 radical (unpaired) electrons. The molecule has 1 aliphatic rings. The van der Waals surface area contributed by atoms with Gasteiger partial charge in [-0.2, -0.15) is 0 Å². The third kappa shape index (κ3) is 8.04. The number of aromatic nitrogens is 1. The summed E-state index contributed by atoms with van der Waals surface area (Å²) >= 11 is 0. The van der Waals surface area contributed by atoms with Crippen LogP contribution in [0.2, 0.25) is 0 Å². The molecule has 1 aliphatic heterocycles. The zero-order valence-corrected chi connectivity index (χ0v) is 15.8. The fourth-order valence-electron chi connectivity index (χ4n) is 2.04. The van der Waals surface area contributed by atoms with Gasteiger partial charge < -0.3 is 5.32 Å². The normalized spacial score (nSPS) is 17.5. The quantitative estimate of drug-likeness (QED) is 0.475. The van der Waals surface area contributed by atoms with Crippen molar-refractivity contribution in [2.24, 2.45) is 0 Å². The van der Waals surface area contributed by atoms with Gasteiger partial charge >= 0.3 is 0 Å². The van der Waals surface area contributed by atoms with E-state index in [0.29, 0.717) is 6.42 Å². The largest absolute Gasteiger partial charge is 0.355 e. The van der Waals surface area contributed by atoms with Crippen LogP contribution in [0.4, 0.5) is 0 Å². The summed E-state index contributed by atoms with van der Waals surface area (Å²) in [7, 11) is 7.40. The van der Waals surface area contributed by atoms with Gasteiger partial charge in [0.1, 0.15) is 5.03 Å². The Balaban J connectivity index is 1.40. The van der Waals surface area contributed by atoms with Crippen molar-refractivity contribution in [3.05, 3.63) is 24.4 Å². The second kappa shape index (κ2) is 11.5. The number of hydrogen-bond acceptors (Lipinski definition) is 6. The maximum Gasteiger partial charge on any atom is 0.220 e. The lowest BCUT2D eigenvalue weighted by molar-refractivity contribution is -0.121. The molecule has 2 heterocycles. The van der Waals surface area contributed by atoms with E-state index in [2.05, 4.69) is 10.3 Å². The van der Waals surface area contributed by atoms with Crippen LogP contribution < -0.4 is 5.32 Å². The van der Waals surface area contributed by atoms with E-state index in [1.807, 2.05) is 39.8 Å². The van der Waals surface area contributed by atoms with Crippen molar-refractivity contribution in [1.29, 1.82) is 0 Å². The van der Waals surface area contributed by atoms with Gasteiger partial charge in [0, 0.05) is 35.9 Å². The van der Waals surface area contributed by atoms with Gasteiger partial charge in [-0.15, -0.1) is 0 Å². The predicted octanol–water partition coefficient (Wildman–Crippen LogP) is 4.65. The summed E-state index contributed by atoms with van der Waals surface area (Å²) in [6.07, 6.45) is 7.27. The van der Waals surface area contributed by atoms with Gasteiger partial charge in [0.05, 0.1) is 0 Å². The minimum absolute atomic E-state index is 0.192. The van der Waals surface area contributed by atoms with E-state index in [-0.39, 0.29) is 5.91 Å². The van der Waals surface area contributed by atoms with Crippen molar-refractivity contribution in [3.63, 3.8) is 0 Å². The number of hydrogen-bond donors (Lipinski definition) is 1. The first kappa shape index (κ1) is 18.4. The Morgan fingerprint density at radius 1 is 1.41 bits per heavy atom. The molecule has 2 rings (SSSR count). The second-order valence-corrected chi connectivity index (χ2v) is 10.2. The van der Waals surface area contributed by atoms with Crippen molar-refractivity contribution < 1.29 is 4.79 Å². The number of nitrogens with one attached hydrogen (secondary N) is 1. The minimum atomic E-state index is 0.192. The molecule has 0 aromatic carbocycles. The smallest absolute Gasteiger partial charge is 0.220 e. The number of amides is 1. The number of pyridine rings is 1. The summed E-state index contributed by atoms with van der Waals surface area (Å²) in [6.45, 7) is 0.735. The standard InChI is InChI=1S/C15H22N2OS4/c18-14(6-2-1-5-13-8-11-19-21-13)16-10-12-20-22-15-7-3-4-9-17-15/h3-4,7,9,13H,1-2,5-6,8,10-12H2,(H,16,18)/t13-/m1/s1. The lowest BCUT2D eigenvalue weighted by Gasteiger charge is -2.07. The van der Waals surface area contributed by atoms with E-state index in [0.717, 1.165) is 29.0 Å². The van der Waals surface area contributed by atoms with E-state index in [9.17, 15) is 4.79 Å². The maximum atomic E-state index is 11.7. The molecule has 7 heteroatoms. The SMILES string of the molecule is O=C(CCCC[C@@H]1CCSS1)NCCSSc1ccccn1. The summed E-state index contributed by atoms with van der Waals surface area (Å²) in [5.41, 5.74) is 0. The lowest BCUT2D eigenvalue weighted by atomic mass is 10.1. The first-order valence-electron chi connectivity index (χ1n) is 7.60. The highest BCUT2D eigenvalue weighted by Gasteiger charge is 2.15. The summed E-state index contributed by atoms with van der Waals surface area (Å²) in [5, 5.41) is 4.84. The third-order valence-corrected chi connectivity index (χ3v) is 8.47. The molecule has 0 unspecified atom stereocenters. The van der Waals surface area contributed by atoms with E-state index < -0.39 is 0 Å². The molecule has 1 N–H and O–H groups in total. The van der Waals surface area contributed by atoms with Gasteiger partial charge in [0.15, 0.2) is 0 Å². The van der Waals surface area contributed by atoms with Crippen molar-refractivity contribution in [2.45, 2.75) is 42.4 Å². The Hall–Kier alpha value is 0.0200. The molecule has 0 spiro atoms. The van der Waals surface area contributed by atoms with E-state index in [1.54, 1.807) is 27.8 Å². The fourth-order valence-corrected chi connectivity index (χ4v) is 6.85. The predicted molar refractivity (Wildman–Crippen MR) is 102 cm³/mol. The topological polar surface area (TPSA) is 42.0 Å². The molecule has 1 amide bonds. The Bertz CT molecular complexity index is 427. The molecule has 1 saturated heterocycles. The first-order valence-corrected chi connectivity index (χ1v) is 12.3. The summed E-state index contributed by atoms with van der Waals surface area (Å²) in [6, 6.07) is 5.90. The van der Waals surface area contributed by atoms with Crippen LogP contribution in [0.25, 0.3) is 0 Å². The average molecular weight is 375 g/mol. The molecule has 0 saturated carbocycles. The van der Waals surface area contributed by atoms with Crippen LogP contribution >= 0.6 is 43.2 Å². The molecule has 1 aromatic heterocycles. The van der Waals surface area contributed by atoms with Crippen LogP contribution in [-0.2, 0) is 4.79 Å². The van der Waals surface area contributed by atoms with Gasteiger partial charge in [0.2, 0.25) is 5.91 Å². The number of nitrogens with zero attached hydrogens (tertiary/aromatic N) is 1. The maximum absolute atomic E-state index is 11.7. The summed E-state index contributed by atoms with van der Waals surface area (Å²) < 4.78 is 0. The fraction of sp³-hybridized carbons (Fsp3) is 0.600. The lowest BCUT2D eigenvalue weighted by Crippen LogP contribution is -2.25. The van der Waals surface area contributed by atoms with Gasteiger partial charge in [-0.3, -0.25) is 4.79 Å². The summed E-state index contributed by atoms with van der Waals surface area (Å²) in [4.78, 5) is 16.0. The zero-order valence-electron chi connectivity index (χ0n) is 12.5. The molecule has 1 aromatic rings. The molecule has 3 nitrogen and oxygen atoms in total. The van der Waals surface area contributed by atoms with Crippen molar-refractivity contribution in [3.8, 4) is 0 Å². The van der Waals surface area contributed by atoms with Gasteiger partial charge in [0.25, 0.3) is 0 Å². The number of carbonyl (C=O) groups excluding carboxylic acids is 1. The van der Waals surface area contributed by atoms with E-state index in [4.69, 9.17) is 0 Å². The Labute approximate surface area is 148 Å². The minimum Gasteiger partial charge on any atom is -0.355 e. The highest BCUT2D eigenvalue weighted by atomic mass is 33.1. The average Bonchev–Trinajstić information content (AvgIpc) is 3.06. The second-order valence-electron chi connectivity index (χ2n) is 5.00. The summed E-state index contributed by atoms with van der Waals surface area (Å²) in [5.74, 6) is 2.39. The van der Waals surface area contributed by atoms with E-state index >= 15 is 0 Å². The molecule has 1 atom stereocenters. The van der Waals surface area contributed by atoms with E-state index in [1.165, 1.54) is 25.0 Å². The van der Waals surface area contributed by atoms with Crippen molar-refractivity contribution >= 4 is 49.1 Å². The molecule has 1 fully saturated rings. The van der Waals surface area contributed by atoms with Crippen LogP contribution in [0.15, 0.2) is 29.4 Å². The molecule has 0 aliphatic carbocycles. The van der Waals surface area contributed by atoms with Gasteiger partial charge in [-0.1, -0.05) is 44.9 Å². The van der Waals surface area contributed by atoms with Crippen LogP contribution in [-0.4, -0.2) is 34.2 Å². The van der Waals surface area contributed by atoms with Crippen LogP contribution in [0.1, 0.15) is 32.1 Å². The van der Waals surface area contributed by atoms with Crippen LogP contribution in [0.5, 0.6) is 0 Å².